The van der Waals surface area contributed by atoms with E-state index in [1.54, 1.807) is 41.3 Å². The fraction of sp³-hybridized carbons (Fsp3) is 0.258. The number of hydrogen-bond donors (Lipinski definition) is 3. The van der Waals surface area contributed by atoms with Gasteiger partial charge in [0.05, 0.1) is 32.5 Å². The van der Waals surface area contributed by atoms with E-state index in [1.165, 1.54) is 27.5 Å². The van der Waals surface area contributed by atoms with Crippen LogP contribution in [0.15, 0.2) is 66.4 Å². The van der Waals surface area contributed by atoms with E-state index in [4.69, 9.17) is 19.6 Å². The largest absolute Gasteiger partial charge is 0.493 e. The van der Waals surface area contributed by atoms with E-state index in [0.29, 0.717) is 48.0 Å². The molecule has 0 atom stereocenters. The molecular weight excluding hydrogens is 584 g/mol. The Balaban J connectivity index is 1.39. The van der Waals surface area contributed by atoms with E-state index in [2.05, 4.69) is 10.6 Å². The van der Waals surface area contributed by atoms with Gasteiger partial charge >= 0.3 is 6.18 Å². The SMILES string of the molecule is COc1cc(CNC(=O)c2ccc(CN3C=C(C(=O)Nc4ccc(F)c(C(F)(F)F)c4)C(=N)CC3)cc2)cc(OC)c1OC. The molecule has 0 aliphatic carbocycles. The second-order valence-corrected chi connectivity index (χ2v) is 9.80. The van der Waals surface area contributed by atoms with E-state index in [-0.39, 0.29) is 35.8 Å². The number of carbonyl (C=O) groups is 2. The molecule has 3 N–H and O–H groups in total. The minimum atomic E-state index is -4.92. The molecule has 0 saturated heterocycles. The van der Waals surface area contributed by atoms with Gasteiger partial charge in [-0.1, -0.05) is 12.1 Å². The number of nitrogens with one attached hydrogen (secondary N) is 3. The molecule has 1 aliphatic rings. The van der Waals surface area contributed by atoms with Crippen molar-refractivity contribution in [1.29, 1.82) is 5.41 Å². The normalized spacial score (nSPS) is 13.2. The minimum absolute atomic E-state index is 0.0167. The Bertz CT molecular complexity index is 1560. The molecule has 1 heterocycles. The number of anilines is 1. The zero-order valence-corrected chi connectivity index (χ0v) is 24.1. The summed E-state index contributed by atoms with van der Waals surface area (Å²) in [7, 11) is 4.51. The molecule has 4 rings (SSSR count). The van der Waals surface area contributed by atoms with Crippen molar-refractivity contribution in [2.45, 2.75) is 25.7 Å². The van der Waals surface area contributed by atoms with Crippen molar-refractivity contribution in [2.24, 2.45) is 0 Å². The molecule has 0 radical (unpaired) electrons. The number of alkyl halides is 3. The monoisotopic (exact) mass is 614 g/mol. The summed E-state index contributed by atoms with van der Waals surface area (Å²) in [5.41, 5.74) is 0.260. The van der Waals surface area contributed by atoms with Crippen molar-refractivity contribution in [3.05, 3.63) is 94.4 Å². The molecule has 3 aromatic carbocycles. The number of hydrogen-bond acceptors (Lipinski definition) is 7. The third-order valence-corrected chi connectivity index (χ3v) is 6.84. The number of amides is 2. The summed E-state index contributed by atoms with van der Waals surface area (Å²) in [5, 5.41) is 13.3. The Morgan fingerprint density at radius 1 is 0.909 bits per heavy atom. The number of benzene rings is 3. The van der Waals surface area contributed by atoms with Crippen molar-refractivity contribution >= 4 is 23.2 Å². The van der Waals surface area contributed by atoms with Crippen LogP contribution in [0.2, 0.25) is 0 Å². The first-order chi connectivity index (χ1) is 20.9. The molecule has 0 aromatic heterocycles. The maximum atomic E-state index is 13.6. The van der Waals surface area contributed by atoms with Crippen LogP contribution in [0, 0.1) is 11.2 Å². The first-order valence-corrected chi connectivity index (χ1v) is 13.3. The van der Waals surface area contributed by atoms with Gasteiger partial charge in [-0.3, -0.25) is 9.59 Å². The lowest BCUT2D eigenvalue weighted by molar-refractivity contribution is -0.140. The molecule has 0 spiro atoms. The van der Waals surface area contributed by atoms with Crippen molar-refractivity contribution < 1.29 is 41.4 Å². The maximum Gasteiger partial charge on any atom is 0.419 e. The van der Waals surface area contributed by atoms with Crippen LogP contribution >= 0.6 is 0 Å². The number of methoxy groups -OCH3 is 3. The van der Waals surface area contributed by atoms with E-state index >= 15 is 0 Å². The lowest BCUT2D eigenvalue weighted by Crippen LogP contribution is -2.32. The molecule has 44 heavy (non-hydrogen) atoms. The molecule has 2 amide bonds. The second kappa shape index (κ2) is 13.5. The van der Waals surface area contributed by atoms with Crippen LogP contribution in [0.1, 0.15) is 33.5 Å². The summed E-state index contributed by atoms with van der Waals surface area (Å²) in [4.78, 5) is 27.4. The summed E-state index contributed by atoms with van der Waals surface area (Å²) < 4.78 is 68.8. The Morgan fingerprint density at radius 2 is 1.57 bits per heavy atom. The Hall–Kier alpha value is -5.07. The van der Waals surface area contributed by atoms with Gasteiger partial charge in [0.25, 0.3) is 11.8 Å². The summed E-state index contributed by atoms with van der Waals surface area (Å²) in [6, 6.07) is 12.5. The predicted octanol–water partition coefficient (Wildman–Crippen LogP) is 5.55. The highest BCUT2D eigenvalue weighted by molar-refractivity contribution is 6.24. The van der Waals surface area contributed by atoms with Crippen molar-refractivity contribution in [3.63, 3.8) is 0 Å². The van der Waals surface area contributed by atoms with Gasteiger partial charge in [-0.05, 0) is 53.6 Å². The molecule has 0 bridgehead atoms. The molecule has 0 saturated carbocycles. The highest BCUT2D eigenvalue weighted by atomic mass is 19.4. The number of rotatable bonds is 10. The Kier molecular flexibility index (Phi) is 9.77. The first kappa shape index (κ1) is 31.9. The molecular formula is C31H30F4N4O5. The van der Waals surface area contributed by atoms with E-state index in [9.17, 15) is 27.2 Å². The van der Waals surface area contributed by atoms with Crippen LogP contribution in [0.3, 0.4) is 0 Å². The van der Waals surface area contributed by atoms with Crippen LogP contribution in [0.5, 0.6) is 17.2 Å². The number of carbonyl (C=O) groups excluding carboxylic acids is 2. The molecule has 0 unspecified atom stereocenters. The van der Waals surface area contributed by atoms with Gasteiger partial charge in [-0.25, -0.2) is 4.39 Å². The van der Waals surface area contributed by atoms with Crippen LogP contribution in [-0.4, -0.2) is 50.3 Å². The summed E-state index contributed by atoms with van der Waals surface area (Å²) >= 11 is 0. The first-order valence-electron chi connectivity index (χ1n) is 13.3. The third-order valence-electron chi connectivity index (χ3n) is 6.84. The molecule has 0 fully saturated rings. The topological polar surface area (TPSA) is 113 Å². The predicted molar refractivity (Wildman–Crippen MR) is 155 cm³/mol. The van der Waals surface area contributed by atoms with Crippen LogP contribution in [0.4, 0.5) is 23.2 Å². The standard InChI is InChI=1S/C31H30F4N4O5/c1-42-26-12-19(13-27(43-2)28(26)44-3)15-37-29(40)20-6-4-18(5-7-20)16-39-11-10-25(36)22(17-39)30(41)38-21-8-9-24(32)23(14-21)31(33,34)35/h4-9,12-14,17,36H,10-11,15-16H2,1-3H3,(H,37,40)(H,38,41). The lowest BCUT2D eigenvalue weighted by atomic mass is 10.0. The number of halogens is 4. The molecule has 9 nitrogen and oxygen atoms in total. The number of nitrogens with zero attached hydrogens (tertiary/aromatic N) is 1. The van der Waals surface area contributed by atoms with Gasteiger partial charge in [0.1, 0.15) is 5.82 Å². The average Bonchev–Trinajstić information content (AvgIpc) is 3.00. The lowest BCUT2D eigenvalue weighted by Gasteiger charge is -2.27. The Morgan fingerprint density at radius 3 is 2.16 bits per heavy atom. The summed E-state index contributed by atoms with van der Waals surface area (Å²) in [6.07, 6.45) is -3.22. The van der Waals surface area contributed by atoms with E-state index in [0.717, 1.165) is 17.2 Å². The summed E-state index contributed by atoms with van der Waals surface area (Å²) in [5.74, 6) is -1.15. The van der Waals surface area contributed by atoms with Gasteiger partial charge in [-0.2, -0.15) is 13.2 Å². The van der Waals surface area contributed by atoms with Crippen LogP contribution in [-0.2, 0) is 24.1 Å². The molecule has 232 valence electrons. The smallest absolute Gasteiger partial charge is 0.419 e. The highest BCUT2D eigenvalue weighted by Gasteiger charge is 2.34. The highest BCUT2D eigenvalue weighted by Crippen LogP contribution is 2.38. The van der Waals surface area contributed by atoms with Crippen molar-refractivity contribution in [1.82, 2.24) is 10.2 Å². The maximum absolute atomic E-state index is 13.6. The van der Waals surface area contributed by atoms with Crippen molar-refractivity contribution in [3.8, 4) is 17.2 Å². The van der Waals surface area contributed by atoms with Gasteiger partial charge in [0, 0.05) is 49.2 Å². The summed E-state index contributed by atoms with van der Waals surface area (Å²) in [6.45, 7) is 0.996. The Labute approximate surface area is 250 Å². The zero-order valence-electron chi connectivity index (χ0n) is 24.1. The van der Waals surface area contributed by atoms with Gasteiger partial charge in [0.15, 0.2) is 11.5 Å². The van der Waals surface area contributed by atoms with Gasteiger partial charge < -0.3 is 35.2 Å². The second-order valence-electron chi connectivity index (χ2n) is 9.80. The average molecular weight is 615 g/mol. The molecule has 13 heteroatoms. The fourth-order valence-electron chi connectivity index (χ4n) is 4.57. The van der Waals surface area contributed by atoms with Crippen molar-refractivity contribution in [2.75, 3.05) is 33.2 Å². The van der Waals surface area contributed by atoms with Gasteiger partial charge in [-0.15, -0.1) is 0 Å². The molecule has 1 aliphatic heterocycles. The van der Waals surface area contributed by atoms with Crippen LogP contribution < -0.4 is 24.8 Å². The van der Waals surface area contributed by atoms with E-state index < -0.39 is 23.5 Å². The van der Waals surface area contributed by atoms with Crippen LogP contribution in [0.25, 0.3) is 0 Å². The quantitative estimate of drug-likeness (QED) is 0.258. The number of ether oxygens (including phenoxy) is 3. The fourth-order valence-corrected chi connectivity index (χ4v) is 4.57. The third kappa shape index (κ3) is 7.46. The zero-order chi connectivity index (χ0) is 32.0. The molecule has 3 aromatic rings. The van der Waals surface area contributed by atoms with E-state index in [1.807, 2.05) is 0 Å². The minimum Gasteiger partial charge on any atom is -0.493 e. The van der Waals surface area contributed by atoms with Gasteiger partial charge in [0.2, 0.25) is 5.75 Å².